The maximum absolute atomic E-state index is 11.8. The van der Waals surface area contributed by atoms with Crippen LogP contribution in [0, 0.1) is 0 Å². The standard InChI is InChI=1S/C21H39NO5.C6H15NO3/c1-2-3-4-5-6-7-8-9-10-11-12-13-14-15-19(23)22-18(21(26)27)16-17-20(24)25;1-4(8)7(5(2)9)6(3)10/h18H,2-17H2,1H3,(H,22,23)(H,24,25)(H,26,27);4-6,8-10H,1-3H3/t18-;/m0./s1. The summed E-state index contributed by atoms with van der Waals surface area (Å²) >= 11 is 0. The number of carboxylic acid groups (broad SMARTS) is 2. The maximum Gasteiger partial charge on any atom is 0.326 e. The summed E-state index contributed by atoms with van der Waals surface area (Å²) in [6.45, 7) is 6.69. The topological polar surface area (TPSA) is 168 Å². The van der Waals surface area contributed by atoms with Gasteiger partial charge in [0.1, 0.15) is 24.7 Å². The van der Waals surface area contributed by atoms with E-state index >= 15 is 0 Å². The highest BCUT2D eigenvalue weighted by Gasteiger charge is 2.21. The van der Waals surface area contributed by atoms with Gasteiger partial charge in [0.15, 0.2) is 0 Å². The van der Waals surface area contributed by atoms with Gasteiger partial charge in [0.05, 0.1) is 0 Å². The van der Waals surface area contributed by atoms with E-state index in [9.17, 15) is 14.4 Å². The van der Waals surface area contributed by atoms with Gasteiger partial charge in [-0.25, -0.2) is 9.69 Å². The van der Waals surface area contributed by atoms with Crippen molar-refractivity contribution < 1.29 is 39.9 Å². The molecule has 0 radical (unpaired) electrons. The van der Waals surface area contributed by atoms with E-state index in [-0.39, 0.29) is 18.7 Å². The van der Waals surface area contributed by atoms with Gasteiger partial charge in [-0.2, -0.15) is 0 Å². The minimum Gasteiger partial charge on any atom is -0.481 e. The smallest absolute Gasteiger partial charge is 0.326 e. The van der Waals surface area contributed by atoms with E-state index in [0.717, 1.165) is 19.3 Å². The summed E-state index contributed by atoms with van der Waals surface area (Å²) in [7, 11) is 0. The van der Waals surface area contributed by atoms with Gasteiger partial charge in [-0.15, -0.1) is 0 Å². The van der Waals surface area contributed by atoms with Gasteiger partial charge in [0.25, 0.3) is 0 Å². The van der Waals surface area contributed by atoms with Gasteiger partial charge in [0.2, 0.25) is 5.91 Å². The van der Waals surface area contributed by atoms with Crippen LogP contribution in [-0.2, 0) is 14.4 Å². The predicted octanol–water partition coefficient (Wildman–Crippen LogP) is 4.21. The Labute approximate surface area is 223 Å². The number of aliphatic hydroxyl groups is 3. The third kappa shape index (κ3) is 24.3. The minimum atomic E-state index is -1.19. The van der Waals surface area contributed by atoms with Crippen LogP contribution in [0.4, 0.5) is 0 Å². The van der Waals surface area contributed by atoms with Crippen molar-refractivity contribution in [1.82, 2.24) is 10.2 Å². The van der Waals surface area contributed by atoms with Crippen LogP contribution in [0.1, 0.15) is 130 Å². The number of unbranched alkanes of at least 4 members (excludes halogenated alkanes) is 12. The second kappa shape index (κ2) is 24.6. The van der Waals surface area contributed by atoms with Gasteiger partial charge in [0, 0.05) is 12.8 Å². The first-order chi connectivity index (χ1) is 17.4. The molecule has 0 aliphatic heterocycles. The van der Waals surface area contributed by atoms with Crippen molar-refractivity contribution in [3.05, 3.63) is 0 Å². The number of rotatable bonds is 22. The number of aliphatic hydroxyl groups excluding tert-OH is 3. The van der Waals surface area contributed by atoms with Crippen molar-refractivity contribution in [1.29, 1.82) is 0 Å². The van der Waals surface area contributed by atoms with Crippen LogP contribution in [0.5, 0.6) is 0 Å². The van der Waals surface area contributed by atoms with Gasteiger partial charge < -0.3 is 30.8 Å². The molecular weight excluding hydrogens is 480 g/mol. The highest BCUT2D eigenvalue weighted by atomic mass is 16.4. The molecule has 0 saturated heterocycles. The normalized spacial score (nSPS) is 14.3. The van der Waals surface area contributed by atoms with Gasteiger partial charge in [-0.3, -0.25) is 9.59 Å². The maximum atomic E-state index is 11.8. The molecule has 0 spiro atoms. The molecule has 0 heterocycles. The number of hydrogen-bond acceptors (Lipinski definition) is 7. The summed E-state index contributed by atoms with van der Waals surface area (Å²) in [6, 6.07) is -1.12. The van der Waals surface area contributed by atoms with Gasteiger partial charge in [-0.1, -0.05) is 84.0 Å². The fourth-order valence-electron chi connectivity index (χ4n) is 4.03. The third-order valence-electron chi connectivity index (χ3n) is 6.08. The van der Waals surface area contributed by atoms with Crippen LogP contribution in [0.2, 0.25) is 0 Å². The molecule has 37 heavy (non-hydrogen) atoms. The van der Waals surface area contributed by atoms with Gasteiger partial charge in [-0.05, 0) is 33.6 Å². The Hall–Kier alpha value is -1.75. The lowest BCUT2D eigenvalue weighted by Crippen LogP contribution is -2.45. The Morgan fingerprint density at radius 3 is 1.32 bits per heavy atom. The Kier molecular flexibility index (Phi) is 24.8. The number of hydrogen-bond donors (Lipinski definition) is 6. The molecule has 0 bridgehead atoms. The summed E-state index contributed by atoms with van der Waals surface area (Å²) in [5.74, 6) is -2.56. The van der Waals surface area contributed by atoms with Gasteiger partial charge >= 0.3 is 11.9 Å². The number of amides is 1. The summed E-state index contributed by atoms with van der Waals surface area (Å²) in [5.41, 5.74) is 0. The molecule has 10 heteroatoms. The zero-order valence-corrected chi connectivity index (χ0v) is 23.5. The molecule has 0 aromatic carbocycles. The van der Waals surface area contributed by atoms with Crippen molar-refractivity contribution in [2.75, 3.05) is 0 Å². The van der Waals surface area contributed by atoms with E-state index in [2.05, 4.69) is 12.2 Å². The van der Waals surface area contributed by atoms with Crippen LogP contribution in [0.15, 0.2) is 0 Å². The fraction of sp³-hybridized carbons (Fsp3) is 0.889. The summed E-state index contributed by atoms with van der Waals surface area (Å²) in [6.07, 6.45) is 13.4. The highest BCUT2D eigenvalue weighted by molar-refractivity contribution is 5.83. The van der Waals surface area contributed by atoms with Crippen LogP contribution < -0.4 is 5.32 Å². The minimum absolute atomic E-state index is 0.0883. The van der Waals surface area contributed by atoms with E-state index in [0.29, 0.717) is 6.42 Å². The number of carboxylic acids is 2. The summed E-state index contributed by atoms with van der Waals surface area (Å²) < 4.78 is 0. The number of aliphatic carboxylic acids is 2. The lowest BCUT2D eigenvalue weighted by atomic mass is 10.0. The number of carbonyl (C=O) groups is 3. The van der Waals surface area contributed by atoms with E-state index in [1.54, 1.807) is 0 Å². The quantitative estimate of drug-likeness (QED) is 0.0880. The lowest BCUT2D eigenvalue weighted by molar-refractivity contribution is -0.159. The van der Waals surface area contributed by atoms with E-state index in [1.807, 2.05) is 0 Å². The largest absolute Gasteiger partial charge is 0.481 e. The molecule has 1 amide bonds. The molecule has 10 nitrogen and oxygen atoms in total. The van der Waals surface area contributed by atoms with Crippen LogP contribution in [0.25, 0.3) is 0 Å². The second-order valence-corrected chi connectivity index (χ2v) is 9.73. The number of carbonyl (C=O) groups excluding carboxylic acids is 1. The zero-order chi connectivity index (χ0) is 28.6. The first-order valence-electron chi connectivity index (χ1n) is 14.0. The molecule has 0 aliphatic rings. The van der Waals surface area contributed by atoms with Crippen LogP contribution >= 0.6 is 0 Å². The van der Waals surface area contributed by atoms with Crippen LogP contribution in [0.3, 0.4) is 0 Å². The van der Waals surface area contributed by atoms with Crippen molar-refractivity contribution in [3.63, 3.8) is 0 Å². The summed E-state index contributed by atoms with van der Waals surface area (Å²) in [5, 5.41) is 46.9. The zero-order valence-electron chi connectivity index (χ0n) is 23.5. The molecule has 3 unspecified atom stereocenters. The van der Waals surface area contributed by atoms with Crippen LogP contribution in [-0.4, -0.2) is 73.0 Å². The molecule has 4 atom stereocenters. The average Bonchev–Trinajstić information content (AvgIpc) is 2.79. The molecule has 0 aliphatic carbocycles. The van der Waals surface area contributed by atoms with E-state index in [4.69, 9.17) is 25.5 Å². The fourth-order valence-corrected chi connectivity index (χ4v) is 4.03. The molecule has 0 aromatic heterocycles. The molecule has 0 fully saturated rings. The predicted molar refractivity (Wildman–Crippen MR) is 144 cm³/mol. The van der Waals surface area contributed by atoms with Crippen molar-refractivity contribution in [2.24, 2.45) is 0 Å². The average molecular weight is 535 g/mol. The first-order valence-corrected chi connectivity index (χ1v) is 14.0. The number of nitrogens with one attached hydrogen (secondary N) is 1. The molecule has 0 saturated carbocycles. The van der Waals surface area contributed by atoms with E-state index < -0.39 is 36.7 Å². The second-order valence-electron chi connectivity index (χ2n) is 9.73. The highest BCUT2D eigenvalue weighted by Crippen LogP contribution is 2.13. The molecule has 220 valence electrons. The molecular formula is C27H54N2O8. The van der Waals surface area contributed by atoms with Crippen molar-refractivity contribution in [3.8, 4) is 0 Å². The first kappa shape index (κ1) is 37.4. The molecule has 0 rings (SSSR count). The monoisotopic (exact) mass is 534 g/mol. The van der Waals surface area contributed by atoms with Crippen molar-refractivity contribution in [2.45, 2.75) is 155 Å². The van der Waals surface area contributed by atoms with E-state index in [1.165, 1.54) is 89.9 Å². The Morgan fingerprint density at radius 1 is 0.649 bits per heavy atom. The summed E-state index contributed by atoms with van der Waals surface area (Å²) in [4.78, 5) is 34.5. The lowest BCUT2D eigenvalue weighted by Gasteiger charge is -2.30. The number of nitrogens with zero attached hydrogens (tertiary/aromatic N) is 1. The molecule has 0 aromatic rings. The Balaban J connectivity index is 0. The SMILES string of the molecule is CC(O)N(C(C)O)C(C)O.CCCCCCCCCCCCCCCC(=O)N[C@@H](CCC(=O)O)C(=O)O. The molecule has 6 N–H and O–H groups in total. The third-order valence-corrected chi connectivity index (χ3v) is 6.08. The Bertz CT molecular complexity index is 566. The van der Waals surface area contributed by atoms with Crippen molar-refractivity contribution >= 4 is 17.8 Å². The Morgan fingerprint density at radius 2 is 1.03 bits per heavy atom.